The van der Waals surface area contributed by atoms with E-state index in [9.17, 15) is 14.7 Å². The fourth-order valence-corrected chi connectivity index (χ4v) is 2.45. The first-order valence-corrected chi connectivity index (χ1v) is 8.43. The van der Waals surface area contributed by atoms with Gasteiger partial charge in [0.25, 0.3) is 0 Å². The molecule has 2 rings (SSSR count). The highest BCUT2D eigenvalue weighted by Gasteiger charge is 2.17. The Morgan fingerprint density at radius 1 is 1.19 bits per heavy atom. The van der Waals surface area contributed by atoms with Gasteiger partial charge in [-0.2, -0.15) is 5.26 Å². The van der Waals surface area contributed by atoms with Crippen LogP contribution in [0, 0.1) is 11.3 Å². The Morgan fingerprint density at radius 3 is 2.44 bits per heavy atom. The van der Waals surface area contributed by atoms with Crippen LogP contribution in [0.5, 0.6) is 0 Å². The lowest BCUT2D eigenvalue weighted by Gasteiger charge is -2.15. The molecule has 1 atom stereocenters. The molecule has 0 saturated carbocycles. The van der Waals surface area contributed by atoms with Gasteiger partial charge in [0, 0.05) is 31.4 Å². The molecule has 0 aliphatic rings. The van der Waals surface area contributed by atoms with Crippen molar-refractivity contribution in [3.63, 3.8) is 0 Å². The molecule has 0 unspecified atom stereocenters. The molecular formula is C19H19ClN4O3. The second-order valence-electron chi connectivity index (χ2n) is 5.97. The maximum absolute atomic E-state index is 12.0. The summed E-state index contributed by atoms with van der Waals surface area (Å²) in [6.07, 6.45) is -0.959. The molecular weight excluding hydrogens is 368 g/mol. The summed E-state index contributed by atoms with van der Waals surface area (Å²) in [5.74, 6) is -1.88. The molecule has 0 heterocycles. The summed E-state index contributed by atoms with van der Waals surface area (Å²) in [7, 11) is 3.81. The number of carbonyl (C=O) groups is 2. The highest BCUT2D eigenvalue weighted by atomic mass is 35.5. The van der Waals surface area contributed by atoms with Gasteiger partial charge in [0.05, 0.1) is 17.4 Å². The number of aliphatic hydroxyl groups is 1. The van der Waals surface area contributed by atoms with Crippen molar-refractivity contribution in [1.82, 2.24) is 5.32 Å². The van der Waals surface area contributed by atoms with E-state index in [0.29, 0.717) is 10.6 Å². The molecule has 0 bridgehead atoms. The molecule has 0 aliphatic heterocycles. The number of amides is 2. The molecule has 140 valence electrons. The summed E-state index contributed by atoms with van der Waals surface area (Å²) < 4.78 is 0. The van der Waals surface area contributed by atoms with Crippen LogP contribution < -0.4 is 15.5 Å². The Hall–Kier alpha value is -3.08. The van der Waals surface area contributed by atoms with Gasteiger partial charge < -0.3 is 20.6 Å². The van der Waals surface area contributed by atoms with Crippen molar-refractivity contribution >= 4 is 34.8 Å². The van der Waals surface area contributed by atoms with Crippen LogP contribution >= 0.6 is 11.6 Å². The van der Waals surface area contributed by atoms with E-state index in [4.69, 9.17) is 16.9 Å². The van der Waals surface area contributed by atoms with Crippen molar-refractivity contribution in [2.75, 3.05) is 30.9 Å². The number of nitrogens with zero attached hydrogens (tertiary/aromatic N) is 2. The van der Waals surface area contributed by atoms with Crippen molar-refractivity contribution in [2.24, 2.45) is 0 Å². The molecule has 0 fully saturated rings. The van der Waals surface area contributed by atoms with Crippen molar-refractivity contribution in [1.29, 1.82) is 5.26 Å². The number of aliphatic hydroxyl groups excluding tert-OH is 1. The van der Waals surface area contributed by atoms with Gasteiger partial charge in [-0.15, -0.1) is 0 Å². The van der Waals surface area contributed by atoms with Crippen LogP contribution in [0.2, 0.25) is 5.02 Å². The van der Waals surface area contributed by atoms with Gasteiger partial charge >= 0.3 is 11.8 Å². The molecule has 0 saturated heterocycles. The van der Waals surface area contributed by atoms with Crippen molar-refractivity contribution < 1.29 is 14.7 Å². The van der Waals surface area contributed by atoms with Crippen LogP contribution in [0.25, 0.3) is 0 Å². The fourth-order valence-electron chi connectivity index (χ4n) is 2.28. The maximum atomic E-state index is 12.0. The van der Waals surface area contributed by atoms with Crippen LogP contribution in [-0.2, 0) is 9.59 Å². The standard InChI is InChI=1S/C19H19ClN4O3/c1-24(2)15-7-4-12(5-8-15)17(25)11-22-18(26)19(27)23-16-9-14(20)6-3-13(16)10-21/h3-9,17,25H,11H2,1-2H3,(H,22,26)(H,23,27)/t17-/m1/s1. The summed E-state index contributed by atoms with van der Waals surface area (Å²) in [6.45, 7) is -0.131. The molecule has 27 heavy (non-hydrogen) atoms. The number of halogens is 1. The van der Waals surface area contributed by atoms with Crippen LogP contribution in [0.15, 0.2) is 42.5 Å². The monoisotopic (exact) mass is 386 g/mol. The molecule has 0 radical (unpaired) electrons. The number of hydrogen-bond acceptors (Lipinski definition) is 5. The third-order valence-corrected chi connectivity index (χ3v) is 4.04. The van der Waals surface area contributed by atoms with Crippen molar-refractivity contribution in [3.8, 4) is 6.07 Å². The second-order valence-corrected chi connectivity index (χ2v) is 6.40. The minimum atomic E-state index is -0.959. The van der Waals surface area contributed by atoms with E-state index in [0.717, 1.165) is 5.69 Å². The quantitative estimate of drug-likeness (QED) is 0.682. The largest absolute Gasteiger partial charge is 0.387 e. The minimum absolute atomic E-state index is 0.131. The van der Waals surface area contributed by atoms with Gasteiger partial charge in [0.15, 0.2) is 0 Å². The smallest absolute Gasteiger partial charge is 0.313 e. The van der Waals surface area contributed by atoms with Crippen LogP contribution in [0.4, 0.5) is 11.4 Å². The van der Waals surface area contributed by atoms with E-state index in [1.165, 1.54) is 18.2 Å². The van der Waals surface area contributed by atoms with E-state index in [1.54, 1.807) is 12.1 Å². The van der Waals surface area contributed by atoms with Crippen LogP contribution in [0.1, 0.15) is 17.2 Å². The van der Waals surface area contributed by atoms with Crippen LogP contribution in [-0.4, -0.2) is 37.6 Å². The van der Waals surface area contributed by atoms with E-state index in [-0.39, 0.29) is 17.8 Å². The molecule has 3 N–H and O–H groups in total. The number of benzene rings is 2. The molecule has 0 aromatic heterocycles. The molecule has 2 amide bonds. The number of hydrogen-bond donors (Lipinski definition) is 3. The van der Waals surface area contributed by atoms with E-state index < -0.39 is 17.9 Å². The zero-order valence-electron chi connectivity index (χ0n) is 14.9. The van der Waals surface area contributed by atoms with Crippen molar-refractivity contribution in [3.05, 3.63) is 58.6 Å². The molecule has 8 heteroatoms. The summed E-state index contributed by atoms with van der Waals surface area (Å²) in [4.78, 5) is 25.9. The van der Waals surface area contributed by atoms with Gasteiger partial charge in [0.2, 0.25) is 0 Å². The number of carbonyl (C=O) groups excluding carboxylic acids is 2. The van der Waals surface area contributed by atoms with Gasteiger partial charge in [-0.05, 0) is 35.9 Å². The summed E-state index contributed by atoms with van der Waals surface area (Å²) >= 11 is 5.84. The predicted octanol–water partition coefficient (Wildman–Crippen LogP) is 2.07. The average Bonchev–Trinajstić information content (AvgIpc) is 2.66. The Bertz CT molecular complexity index is 876. The summed E-state index contributed by atoms with van der Waals surface area (Å²) in [5, 5.41) is 24.2. The Morgan fingerprint density at radius 2 is 1.85 bits per heavy atom. The average molecular weight is 387 g/mol. The number of anilines is 2. The zero-order chi connectivity index (χ0) is 20.0. The lowest BCUT2D eigenvalue weighted by molar-refractivity contribution is -0.136. The normalized spacial score (nSPS) is 11.2. The van der Waals surface area contributed by atoms with Gasteiger partial charge in [0.1, 0.15) is 6.07 Å². The molecule has 0 spiro atoms. The SMILES string of the molecule is CN(C)c1ccc([C@H](O)CNC(=O)C(=O)Nc2cc(Cl)ccc2C#N)cc1. The van der Waals surface area contributed by atoms with Crippen LogP contribution in [0.3, 0.4) is 0 Å². The van der Waals surface area contributed by atoms with E-state index in [1.807, 2.05) is 37.2 Å². The molecule has 0 aliphatic carbocycles. The van der Waals surface area contributed by atoms with E-state index in [2.05, 4.69) is 10.6 Å². The summed E-state index contributed by atoms with van der Waals surface area (Å²) in [5.41, 5.74) is 1.92. The first-order chi connectivity index (χ1) is 12.8. The Balaban J connectivity index is 1.94. The van der Waals surface area contributed by atoms with Gasteiger partial charge in [-0.25, -0.2) is 0 Å². The Kier molecular flexibility index (Phi) is 6.77. The zero-order valence-corrected chi connectivity index (χ0v) is 15.6. The second kappa shape index (κ2) is 9.03. The molecule has 2 aromatic rings. The van der Waals surface area contributed by atoms with E-state index >= 15 is 0 Å². The number of nitriles is 1. The highest BCUT2D eigenvalue weighted by Crippen LogP contribution is 2.20. The first kappa shape index (κ1) is 20.2. The first-order valence-electron chi connectivity index (χ1n) is 8.06. The van der Waals surface area contributed by atoms with Gasteiger partial charge in [-0.3, -0.25) is 9.59 Å². The third kappa shape index (κ3) is 5.45. The minimum Gasteiger partial charge on any atom is -0.387 e. The lowest BCUT2D eigenvalue weighted by atomic mass is 10.1. The van der Waals surface area contributed by atoms with Gasteiger partial charge in [-0.1, -0.05) is 23.7 Å². The Labute approximate surface area is 162 Å². The number of nitrogens with one attached hydrogen (secondary N) is 2. The number of rotatable bonds is 5. The maximum Gasteiger partial charge on any atom is 0.313 e. The summed E-state index contributed by atoms with van der Waals surface area (Å²) in [6, 6.07) is 13.4. The molecule has 2 aromatic carbocycles. The third-order valence-electron chi connectivity index (χ3n) is 3.81. The topological polar surface area (TPSA) is 105 Å². The van der Waals surface area contributed by atoms with Crippen molar-refractivity contribution in [2.45, 2.75) is 6.10 Å². The highest BCUT2D eigenvalue weighted by molar-refractivity contribution is 6.40. The lowest BCUT2D eigenvalue weighted by Crippen LogP contribution is -2.37. The molecule has 7 nitrogen and oxygen atoms in total. The predicted molar refractivity (Wildman–Crippen MR) is 104 cm³/mol. The fraction of sp³-hybridized carbons (Fsp3) is 0.211.